The summed E-state index contributed by atoms with van der Waals surface area (Å²) in [6, 6.07) is 0.288. The average Bonchev–Trinajstić information content (AvgIpc) is 2.27. The number of hydrogen-bond donors (Lipinski definition) is 0. The molecule has 0 aliphatic rings. The number of carbonyl (C=O) groups excluding carboxylic acids is 1. The monoisotopic (exact) mass is 238 g/mol. The second-order valence-electron chi connectivity index (χ2n) is 4.26. The van der Waals surface area contributed by atoms with Crippen molar-refractivity contribution in [1.82, 2.24) is 9.97 Å². The van der Waals surface area contributed by atoms with Crippen LogP contribution >= 0.6 is 0 Å². The van der Waals surface area contributed by atoms with Crippen LogP contribution in [0.5, 0.6) is 6.01 Å². The summed E-state index contributed by atoms with van der Waals surface area (Å²) in [6.45, 7) is 7.70. The van der Waals surface area contributed by atoms with Crippen LogP contribution in [0.25, 0.3) is 0 Å². The number of aromatic nitrogens is 2. The number of carbonyl (C=O) groups is 1. The molecule has 1 heterocycles. The molecule has 0 fully saturated rings. The van der Waals surface area contributed by atoms with Crippen molar-refractivity contribution in [3.63, 3.8) is 0 Å². The van der Waals surface area contributed by atoms with Gasteiger partial charge in [0.15, 0.2) is 0 Å². The Bertz CT molecular complexity index is 403. The van der Waals surface area contributed by atoms with Gasteiger partial charge in [-0.2, -0.15) is 4.98 Å². The lowest BCUT2D eigenvalue weighted by Crippen LogP contribution is -2.14. The first kappa shape index (κ1) is 13.4. The lowest BCUT2D eigenvalue weighted by Gasteiger charge is -2.13. The quantitative estimate of drug-likeness (QED) is 0.752. The van der Waals surface area contributed by atoms with Gasteiger partial charge in [0, 0.05) is 6.20 Å². The van der Waals surface area contributed by atoms with Crippen LogP contribution < -0.4 is 4.74 Å². The molecule has 0 atom stereocenters. The number of esters is 1. The lowest BCUT2D eigenvalue weighted by molar-refractivity contribution is 0.0597. The highest BCUT2D eigenvalue weighted by Gasteiger charge is 2.18. The molecular weight excluding hydrogens is 220 g/mol. The summed E-state index contributed by atoms with van der Waals surface area (Å²) in [5, 5.41) is 0. The normalized spacial score (nSPS) is 10.8. The number of methoxy groups -OCH3 is 1. The third-order valence-corrected chi connectivity index (χ3v) is 2.09. The predicted molar refractivity (Wildman–Crippen MR) is 63.2 cm³/mol. The summed E-state index contributed by atoms with van der Waals surface area (Å²) in [6.07, 6.45) is 1.45. The van der Waals surface area contributed by atoms with E-state index in [1.165, 1.54) is 13.3 Å². The van der Waals surface area contributed by atoms with Crippen molar-refractivity contribution in [1.29, 1.82) is 0 Å². The van der Waals surface area contributed by atoms with Gasteiger partial charge in [0.2, 0.25) is 0 Å². The molecule has 0 amide bonds. The fourth-order valence-corrected chi connectivity index (χ4v) is 1.35. The number of ether oxygens (including phenoxy) is 2. The Morgan fingerprint density at radius 2 is 1.94 bits per heavy atom. The summed E-state index contributed by atoms with van der Waals surface area (Å²) in [5.74, 6) is -0.327. The van der Waals surface area contributed by atoms with Crippen LogP contribution in [-0.2, 0) is 4.74 Å². The number of nitrogens with zero attached hydrogens (tertiary/aromatic N) is 2. The van der Waals surface area contributed by atoms with Crippen LogP contribution in [0.15, 0.2) is 6.20 Å². The van der Waals surface area contributed by atoms with Gasteiger partial charge in [0.05, 0.1) is 24.5 Å². The maximum atomic E-state index is 11.5. The first-order chi connectivity index (χ1) is 7.95. The summed E-state index contributed by atoms with van der Waals surface area (Å²) in [7, 11) is 1.34. The van der Waals surface area contributed by atoms with E-state index >= 15 is 0 Å². The summed E-state index contributed by atoms with van der Waals surface area (Å²) < 4.78 is 10.1. The van der Waals surface area contributed by atoms with Crippen LogP contribution in [0.3, 0.4) is 0 Å². The molecule has 1 aromatic rings. The molecule has 0 spiro atoms. The Morgan fingerprint density at radius 3 is 2.41 bits per heavy atom. The highest BCUT2D eigenvalue weighted by atomic mass is 16.5. The van der Waals surface area contributed by atoms with Gasteiger partial charge in [0.1, 0.15) is 0 Å². The van der Waals surface area contributed by atoms with E-state index in [0.717, 1.165) is 0 Å². The summed E-state index contributed by atoms with van der Waals surface area (Å²) in [4.78, 5) is 19.8. The number of rotatable bonds is 4. The van der Waals surface area contributed by atoms with E-state index in [2.05, 4.69) is 14.7 Å². The smallest absolute Gasteiger partial charge is 0.341 e. The minimum atomic E-state index is -0.426. The summed E-state index contributed by atoms with van der Waals surface area (Å²) in [5.41, 5.74) is 1.03. The van der Waals surface area contributed by atoms with Gasteiger partial charge in [-0.05, 0) is 19.8 Å². The first-order valence-corrected chi connectivity index (χ1v) is 5.57. The fraction of sp³-hybridized carbons (Fsp3) is 0.583. The molecule has 0 aromatic carbocycles. The van der Waals surface area contributed by atoms with Gasteiger partial charge in [-0.3, -0.25) is 0 Å². The van der Waals surface area contributed by atoms with Crippen LogP contribution in [0.2, 0.25) is 0 Å². The van der Waals surface area contributed by atoms with Crippen molar-refractivity contribution in [3.05, 3.63) is 17.5 Å². The largest absolute Gasteiger partial charge is 0.465 e. The second kappa shape index (κ2) is 5.61. The van der Waals surface area contributed by atoms with Crippen molar-refractivity contribution < 1.29 is 14.3 Å². The Balaban J connectivity index is 3.12. The second-order valence-corrected chi connectivity index (χ2v) is 4.26. The van der Waals surface area contributed by atoms with E-state index in [1.807, 2.05) is 27.7 Å². The Morgan fingerprint density at radius 1 is 1.29 bits per heavy atom. The topological polar surface area (TPSA) is 61.3 Å². The van der Waals surface area contributed by atoms with Crippen molar-refractivity contribution in [2.75, 3.05) is 7.11 Å². The van der Waals surface area contributed by atoms with Crippen molar-refractivity contribution in [3.8, 4) is 6.01 Å². The molecule has 0 aliphatic heterocycles. The Kier molecular flexibility index (Phi) is 4.43. The van der Waals surface area contributed by atoms with Crippen molar-refractivity contribution in [2.45, 2.75) is 39.7 Å². The molecule has 0 saturated carbocycles. The molecule has 0 N–H and O–H groups in total. The van der Waals surface area contributed by atoms with Crippen molar-refractivity contribution in [2.24, 2.45) is 0 Å². The highest BCUT2D eigenvalue weighted by Crippen LogP contribution is 2.19. The van der Waals surface area contributed by atoms with Crippen molar-refractivity contribution >= 4 is 5.97 Å². The minimum absolute atomic E-state index is 0.000936. The molecule has 0 bridgehead atoms. The fourth-order valence-electron chi connectivity index (χ4n) is 1.35. The molecule has 0 saturated heterocycles. The zero-order valence-electron chi connectivity index (χ0n) is 10.9. The van der Waals surface area contributed by atoms with Gasteiger partial charge >= 0.3 is 12.0 Å². The van der Waals surface area contributed by atoms with Crippen LogP contribution in [0.1, 0.15) is 49.7 Å². The van der Waals surface area contributed by atoms with E-state index in [9.17, 15) is 4.79 Å². The third kappa shape index (κ3) is 3.41. The molecule has 5 nitrogen and oxygen atoms in total. The van der Waals surface area contributed by atoms with Crippen LogP contribution in [0.4, 0.5) is 0 Å². The maximum absolute atomic E-state index is 11.5. The molecule has 5 heteroatoms. The van der Waals surface area contributed by atoms with Gasteiger partial charge in [-0.25, -0.2) is 9.78 Å². The van der Waals surface area contributed by atoms with E-state index in [4.69, 9.17) is 4.74 Å². The molecule has 0 aliphatic carbocycles. The van der Waals surface area contributed by atoms with E-state index in [1.54, 1.807) is 0 Å². The third-order valence-electron chi connectivity index (χ3n) is 2.09. The standard InChI is InChI=1S/C12H18N2O3/c1-7(2)10-9(11(15)16-5)6-13-12(14-10)17-8(3)4/h6-8H,1-5H3. The van der Waals surface area contributed by atoms with Crippen LogP contribution in [-0.4, -0.2) is 29.2 Å². The zero-order valence-corrected chi connectivity index (χ0v) is 10.9. The van der Waals surface area contributed by atoms with Crippen LogP contribution in [0, 0.1) is 0 Å². The molecule has 0 unspecified atom stereocenters. The highest BCUT2D eigenvalue weighted by molar-refractivity contribution is 5.90. The molecule has 1 rings (SSSR count). The summed E-state index contributed by atoms with van der Waals surface area (Å²) >= 11 is 0. The van der Waals surface area contributed by atoms with E-state index < -0.39 is 5.97 Å². The van der Waals surface area contributed by atoms with Gasteiger partial charge in [-0.15, -0.1) is 0 Å². The maximum Gasteiger partial charge on any atom is 0.341 e. The minimum Gasteiger partial charge on any atom is -0.465 e. The molecule has 94 valence electrons. The van der Waals surface area contributed by atoms with Gasteiger partial charge in [0.25, 0.3) is 0 Å². The first-order valence-electron chi connectivity index (χ1n) is 5.57. The molecule has 1 aromatic heterocycles. The predicted octanol–water partition coefficient (Wildman–Crippen LogP) is 2.17. The SMILES string of the molecule is COC(=O)c1cnc(OC(C)C)nc1C(C)C. The average molecular weight is 238 g/mol. The molecule has 0 radical (unpaired) electrons. The molecule has 17 heavy (non-hydrogen) atoms. The Labute approximate surface area is 101 Å². The number of hydrogen-bond acceptors (Lipinski definition) is 5. The van der Waals surface area contributed by atoms with E-state index in [-0.39, 0.29) is 18.0 Å². The zero-order chi connectivity index (χ0) is 13.0. The lowest BCUT2D eigenvalue weighted by atomic mass is 10.1. The molecular formula is C12H18N2O3. The van der Waals surface area contributed by atoms with E-state index in [0.29, 0.717) is 11.3 Å². The van der Waals surface area contributed by atoms with Gasteiger partial charge < -0.3 is 9.47 Å². The van der Waals surface area contributed by atoms with Gasteiger partial charge in [-0.1, -0.05) is 13.8 Å². The Hall–Kier alpha value is -1.65.